The quantitative estimate of drug-likeness (QED) is 0.686. The minimum Gasteiger partial charge on any atom is -0.467 e. The Morgan fingerprint density at radius 3 is 2.52 bits per heavy atom. The second-order valence-corrected chi connectivity index (χ2v) is 8.43. The largest absolute Gasteiger partial charge is 0.467 e. The van der Waals surface area contributed by atoms with E-state index in [4.69, 9.17) is 4.42 Å². The Balaban J connectivity index is 1.83. The molecule has 1 aliphatic rings. The van der Waals surface area contributed by atoms with Crippen molar-refractivity contribution in [2.24, 2.45) is 11.8 Å². The van der Waals surface area contributed by atoms with E-state index in [1.807, 2.05) is 68.1 Å². The molecule has 0 bridgehead atoms. The molecular formula is C23H31N3O3. The number of rotatable bonds is 9. The van der Waals surface area contributed by atoms with E-state index in [1.54, 1.807) is 6.26 Å². The molecule has 1 saturated carbocycles. The lowest BCUT2D eigenvalue weighted by atomic mass is 10.1. The molecule has 1 N–H and O–H groups in total. The minimum atomic E-state index is 0.00468. The molecule has 156 valence electrons. The summed E-state index contributed by atoms with van der Waals surface area (Å²) in [5, 5.41) is 2.98. The fraction of sp³-hybridized carbons (Fsp3) is 0.478. The number of nitrogens with zero attached hydrogens (tertiary/aromatic N) is 2. The van der Waals surface area contributed by atoms with E-state index in [1.165, 1.54) is 0 Å². The van der Waals surface area contributed by atoms with Crippen LogP contribution < -0.4 is 10.2 Å². The van der Waals surface area contributed by atoms with Gasteiger partial charge in [0, 0.05) is 44.4 Å². The first-order chi connectivity index (χ1) is 13.8. The standard InChI is InChI=1S/C23H31N3O3/c1-16(2)12-22(27)24-19-9-10-21(25(3)4)18(13-19)14-26(23(28)17-7-8-17)15-20-6-5-11-29-20/h5-6,9-11,13,16-17H,7-8,12,14-15H2,1-4H3,(H,24,27). The van der Waals surface area contributed by atoms with Gasteiger partial charge in [0.1, 0.15) is 5.76 Å². The molecule has 2 amide bonds. The number of hydrogen-bond donors (Lipinski definition) is 1. The summed E-state index contributed by atoms with van der Waals surface area (Å²) in [6, 6.07) is 9.61. The van der Waals surface area contributed by atoms with Crippen molar-refractivity contribution in [2.45, 2.75) is 46.2 Å². The molecule has 6 nitrogen and oxygen atoms in total. The topological polar surface area (TPSA) is 65.8 Å². The molecule has 29 heavy (non-hydrogen) atoms. The van der Waals surface area contributed by atoms with E-state index >= 15 is 0 Å². The third-order valence-corrected chi connectivity index (χ3v) is 4.96. The summed E-state index contributed by atoms with van der Waals surface area (Å²) in [7, 11) is 3.96. The number of furan rings is 1. The Hall–Kier alpha value is -2.76. The molecule has 1 aliphatic carbocycles. The number of carbonyl (C=O) groups excluding carboxylic acids is 2. The molecule has 6 heteroatoms. The highest BCUT2D eigenvalue weighted by atomic mass is 16.3. The van der Waals surface area contributed by atoms with Gasteiger partial charge in [0.15, 0.2) is 0 Å². The lowest BCUT2D eigenvalue weighted by Crippen LogP contribution is -2.32. The highest BCUT2D eigenvalue weighted by Gasteiger charge is 2.34. The predicted molar refractivity (Wildman–Crippen MR) is 115 cm³/mol. The van der Waals surface area contributed by atoms with Crippen molar-refractivity contribution in [3.05, 3.63) is 47.9 Å². The molecule has 0 spiro atoms. The number of carbonyl (C=O) groups is 2. The maximum atomic E-state index is 12.9. The summed E-state index contributed by atoms with van der Waals surface area (Å²) >= 11 is 0. The molecule has 1 aromatic carbocycles. The van der Waals surface area contributed by atoms with Crippen molar-refractivity contribution in [2.75, 3.05) is 24.3 Å². The summed E-state index contributed by atoms with van der Waals surface area (Å²) in [5.41, 5.74) is 2.78. The lowest BCUT2D eigenvalue weighted by molar-refractivity contribution is -0.134. The molecule has 1 fully saturated rings. The van der Waals surface area contributed by atoms with Crippen molar-refractivity contribution < 1.29 is 14.0 Å². The number of amides is 2. The van der Waals surface area contributed by atoms with E-state index in [0.29, 0.717) is 25.4 Å². The molecule has 1 heterocycles. The van der Waals surface area contributed by atoms with E-state index in [-0.39, 0.29) is 17.7 Å². The van der Waals surface area contributed by atoms with Crippen LogP contribution >= 0.6 is 0 Å². The van der Waals surface area contributed by atoms with Gasteiger partial charge in [0.2, 0.25) is 11.8 Å². The fourth-order valence-corrected chi connectivity index (χ4v) is 3.41. The van der Waals surface area contributed by atoms with E-state index < -0.39 is 0 Å². The molecule has 0 saturated heterocycles. The van der Waals surface area contributed by atoms with Gasteiger partial charge in [-0.05, 0) is 54.7 Å². The highest BCUT2D eigenvalue weighted by Crippen LogP contribution is 2.33. The van der Waals surface area contributed by atoms with Gasteiger partial charge in [-0.25, -0.2) is 0 Å². The SMILES string of the molecule is CC(C)CC(=O)Nc1ccc(N(C)C)c(CN(Cc2ccco2)C(=O)C2CC2)c1. The summed E-state index contributed by atoms with van der Waals surface area (Å²) in [4.78, 5) is 29.0. The van der Waals surface area contributed by atoms with Crippen LogP contribution in [0.25, 0.3) is 0 Å². The second kappa shape index (κ2) is 9.16. The smallest absolute Gasteiger partial charge is 0.226 e. The van der Waals surface area contributed by atoms with Crippen LogP contribution in [0.4, 0.5) is 11.4 Å². The molecule has 0 radical (unpaired) electrons. The Morgan fingerprint density at radius 1 is 1.17 bits per heavy atom. The van der Waals surface area contributed by atoms with Crippen molar-refractivity contribution in [3.63, 3.8) is 0 Å². The van der Waals surface area contributed by atoms with Gasteiger partial charge in [0.25, 0.3) is 0 Å². The van der Waals surface area contributed by atoms with Crippen molar-refractivity contribution in [1.82, 2.24) is 4.90 Å². The fourth-order valence-electron chi connectivity index (χ4n) is 3.41. The Morgan fingerprint density at radius 2 is 1.93 bits per heavy atom. The predicted octanol–water partition coefficient (Wildman–Crippen LogP) is 4.27. The van der Waals surface area contributed by atoms with E-state index in [9.17, 15) is 9.59 Å². The third-order valence-electron chi connectivity index (χ3n) is 4.96. The van der Waals surface area contributed by atoms with Gasteiger partial charge in [-0.2, -0.15) is 0 Å². The average Bonchev–Trinajstić information content (AvgIpc) is 3.37. The Labute approximate surface area is 172 Å². The first-order valence-electron chi connectivity index (χ1n) is 10.2. The summed E-state index contributed by atoms with van der Waals surface area (Å²) in [6.07, 6.45) is 4.03. The summed E-state index contributed by atoms with van der Waals surface area (Å²) < 4.78 is 5.48. The third kappa shape index (κ3) is 5.86. The van der Waals surface area contributed by atoms with Crippen LogP contribution in [0, 0.1) is 11.8 Å². The van der Waals surface area contributed by atoms with Gasteiger partial charge >= 0.3 is 0 Å². The lowest BCUT2D eigenvalue weighted by Gasteiger charge is -2.26. The van der Waals surface area contributed by atoms with Crippen molar-refractivity contribution in [3.8, 4) is 0 Å². The average molecular weight is 398 g/mol. The van der Waals surface area contributed by atoms with Gasteiger partial charge in [-0.3, -0.25) is 9.59 Å². The Kier molecular flexibility index (Phi) is 6.62. The zero-order chi connectivity index (χ0) is 21.0. The van der Waals surface area contributed by atoms with Gasteiger partial charge in [-0.1, -0.05) is 13.8 Å². The van der Waals surface area contributed by atoms with Gasteiger partial charge in [0.05, 0.1) is 12.8 Å². The van der Waals surface area contributed by atoms with Crippen LogP contribution in [0.2, 0.25) is 0 Å². The van der Waals surface area contributed by atoms with Gasteiger partial charge in [-0.15, -0.1) is 0 Å². The Bertz CT molecular complexity index is 839. The molecular weight excluding hydrogens is 366 g/mol. The number of hydrogen-bond acceptors (Lipinski definition) is 4. The normalized spacial score (nSPS) is 13.4. The molecule has 3 rings (SSSR count). The van der Waals surface area contributed by atoms with Crippen LogP contribution in [0.15, 0.2) is 41.0 Å². The molecule has 2 aromatic rings. The van der Waals surface area contributed by atoms with Crippen LogP contribution in [0.3, 0.4) is 0 Å². The zero-order valence-electron chi connectivity index (χ0n) is 17.8. The van der Waals surface area contributed by atoms with Crippen LogP contribution in [-0.4, -0.2) is 30.8 Å². The maximum Gasteiger partial charge on any atom is 0.226 e. The number of nitrogens with one attached hydrogen (secondary N) is 1. The molecule has 0 atom stereocenters. The number of benzene rings is 1. The van der Waals surface area contributed by atoms with Gasteiger partial charge < -0.3 is 19.5 Å². The molecule has 0 unspecified atom stereocenters. The highest BCUT2D eigenvalue weighted by molar-refractivity contribution is 5.91. The van der Waals surface area contributed by atoms with E-state index in [0.717, 1.165) is 35.5 Å². The van der Waals surface area contributed by atoms with Crippen LogP contribution in [0.1, 0.15) is 44.4 Å². The zero-order valence-corrected chi connectivity index (χ0v) is 17.8. The monoisotopic (exact) mass is 397 g/mol. The van der Waals surface area contributed by atoms with E-state index in [2.05, 4.69) is 5.32 Å². The summed E-state index contributed by atoms with van der Waals surface area (Å²) in [5.74, 6) is 1.37. The molecule has 1 aromatic heterocycles. The van der Waals surface area contributed by atoms with Crippen LogP contribution in [-0.2, 0) is 22.7 Å². The summed E-state index contributed by atoms with van der Waals surface area (Å²) in [6.45, 7) is 4.96. The van der Waals surface area contributed by atoms with Crippen molar-refractivity contribution in [1.29, 1.82) is 0 Å². The second-order valence-electron chi connectivity index (χ2n) is 8.43. The number of anilines is 2. The molecule has 0 aliphatic heterocycles. The van der Waals surface area contributed by atoms with Crippen LogP contribution in [0.5, 0.6) is 0 Å². The maximum absolute atomic E-state index is 12.9. The minimum absolute atomic E-state index is 0.00468. The van der Waals surface area contributed by atoms with Crippen molar-refractivity contribution >= 4 is 23.2 Å². The first kappa shape index (κ1) is 21.0. The first-order valence-corrected chi connectivity index (χ1v) is 10.2.